The van der Waals surface area contributed by atoms with Crippen LogP contribution in [0.3, 0.4) is 0 Å². The molecule has 10 aromatic rings. The highest BCUT2D eigenvalue weighted by molar-refractivity contribution is 6.23. The van der Waals surface area contributed by atoms with Crippen molar-refractivity contribution in [3.8, 4) is 28.7 Å². The SMILES string of the molecule is c1ccc(-c2nc(-c3ccc4c(c3)oc3ccccc34)nc(-n3c4ccccc4c4c5oc6ccccc6c5ccc43)n2)cc1. The summed E-state index contributed by atoms with van der Waals surface area (Å²) in [6.45, 7) is 0. The summed E-state index contributed by atoms with van der Waals surface area (Å²) in [5, 5.41) is 6.43. The molecule has 0 radical (unpaired) electrons. The minimum Gasteiger partial charge on any atom is -0.456 e. The van der Waals surface area contributed by atoms with Gasteiger partial charge in [0, 0.05) is 38.1 Å². The molecular formula is C39H22N4O2. The second kappa shape index (κ2) is 9.11. The third-order valence-electron chi connectivity index (χ3n) is 8.67. The zero-order valence-electron chi connectivity index (χ0n) is 23.8. The molecule has 45 heavy (non-hydrogen) atoms. The first-order valence-electron chi connectivity index (χ1n) is 14.9. The topological polar surface area (TPSA) is 69.9 Å². The van der Waals surface area contributed by atoms with Crippen LogP contribution < -0.4 is 0 Å². The first-order chi connectivity index (χ1) is 22.3. The van der Waals surface area contributed by atoms with Gasteiger partial charge in [0.2, 0.25) is 5.95 Å². The number of fused-ring (bicyclic) bond motifs is 10. The molecule has 0 spiro atoms. The highest BCUT2D eigenvalue weighted by Gasteiger charge is 2.21. The average Bonchev–Trinajstić information content (AvgIpc) is 3.77. The molecule has 6 nitrogen and oxygen atoms in total. The molecule has 0 aliphatic rings. The lowest BCUT2D eigenvalue weighted by Crippen LogP contribution is -2.06. The summed E-state index contributed by atoms with van der Waals surface area (Å²) in [4.78, 5) is 15.2. The van der Waals surface area contributed by atoms with Gasteiger partial charge >= 0.3 is 0 Å². The summed E-state index contributed by atoms with van der Waals surface area (Å²) in [6, 6.07) is 45.1. The van der Waals surface area contributed by atoms with Crippen LogP contribution in [0, 0.1) is 0 Å². The zero-order chi connectivity index (χ0) is 29.5. The quantitative estimate of drug-likeness (QED) is 0.209. The fraction of sp³-hybridized carbons (Fsp3) is 0. The average molecular weight is 579 g/mol. The fourth-order valence-electron chi connectivity index (χ4n) is 6.63. The minimum atomic E-state index is 0.533. The molecule has 0 aliphatic carbocycles. The van der Waals surface area contributed by atoms with Gasteiger partial charge in [-0.05, 0) is 42.5 Å². The van der Waals surface area contributed by atoms with Gasteiger partial charge in [0.15, 0.2) is 11.6 Å². The van der Waals surface area contributed by atoms with E-state index in [-0.39, 0.29) is 0 Å². The number of aromatic nitrogens is 4. The third-order valence-corrected chi connectivity index (χ3v) is 8.67. The molecule has 4 heterocycles. The van der Waals surface area contributed by atoms with Crippen LogP contribution in [0.5, 0.6) is 0 Å². The summed E-state index contributed by atoms with van der Waals surface area (Å²) < 4.78 is 14.8. The summed E-state index contributed by atoms with van der Waals surface area (Å²) >= 11 is 0. The molecule has 0 aliphatic heterocycles. The van der Waals surface area contributed by atoms with Crippen LogP contribution >= 0.6 is 0 Å². The predicted molar refractivity (Wildman–Crippen MR) is 180 cm³/mol. The Hall–Kier alpha value is -6.27. The number of para-hydroxylation sites is 3. The largest absolute Gasteiger partial charge is 0.456 e. The Bertz CT molecular complexity index is 2770. The van der Waals surface area contributed by atoms with Gasteiger partial charge in [-0.25, -0.2) is 4.98 Å². The van der Waals surface area contributed by atoms with Crippen molar-refractivity contribution in [3.05, 3.63) is 133 Å². The van der Waals surface area contributed by atoms with E-state index in [9.17, 15) is 0 Å². The van der Waals surface area contributed by atoms with E-state index < -0.39 is 0 Å². The monoisotopic (exact) mass is 578 g/mol. The smallest absolute Gasteiger partial charge is 0.238 e. The van der Waals surface area contributed by atoms with Gasteiger partial charge in [-0.3, -0.25) is 4.57 Å². The first-order valence-corrected chi connectivity index (χ1v) is 14.9. The van der Waals surface area contributed by atoms with Crippen LogP contribution in [0.15, 0.2) is 142 Å². The van der Waals surface area contributed by atoms with E-state index in [1.807, 2.05) is 78.9 Å². The van der Waals surface area contributed by atoms with E-state index in [1.54, 1.807) is 0 Å². The van der Waals surface area contributed by atoms with E-state index >= 15 is 0 Å². The number of furan rings is 2. The minimum absolute atomic E-state index is 0.533. The summed E-state index contributed by atoms with van der Waals surface area (Å²) in [6.07, 6.45) is 0. The van der Waals surface area contributed by atoms with Crippen molar-refractivity contribution in [2.45, 2.75) is 0 Å². The standard InChI is InChI=1S/C39H22N4O2/c1-2-10-23(11-3-1)37-40-38(24-18-19-27-25-12-5-8-16-32(25)44-34(27)22-24)42-39(41-37)43-30-15-7-4-14-29(30)35-31(43)21-20-28-26-13-6-9-17-33(26)45-36(28)35/h1-22H. The maximum Gasteiger partial charge on any atom is 0.238 e. The van der Waals surface area contributed by atoms with Crippen LogP contribution in [0.1, 0.15) is 0 Å². The molecular weight excluding hydrogens is 556 g/mol. The number of hydrogen-bond donors (Lipinski definition) is 0. The maximum atomic E-state index is 6.50. The van der Waals surface area contributed by atoms with Crippen LogP contribution in [-0.2, 0) is 0 Å². The Kier molecular flexibility index (Phi) is 4.90. The number of hydrogen-bond acceptors (Lipinski definition) is 5. The van der Waals surface area contributed by atoms with Gasteiger partial charge in [-0.1, -0.05) is 91.0 Å². The van der Waals surface area contributed by atoms with E-state index in [1.165, 1.54) is 0 Å². The molecule has 4 aromatic heterocycles. The van der Waals surface area contributed by atoms with Crippen molar-refractivity contribution in [2.24, 2.45) is 0 Å². The maximum absolute atomic E-state index is 6.50. The second-order valence-corrected chi connectivity index (χ2v) is 11.2. The van der Waals surface area contributed by atoms with Crippen LogP contribution in [0.2, 0.25) is 0 Å². The van der Waals surface area contributed by atoms with Gasteiger partial charge < -0.3 is 8.83 Å². The Balaban J connectivity index is 1.27. The highest BCUT2D eigenvalue weighted by Crippen LogP contribution is 2.40. The third kappa shape index (κ3) is 3.53. The van der Waals surface area contributed by atoms with Gasteiger partial charge in [0.25, 0.3) is 0 Å². The lowest BCUT2D eigenvalue weighted by Gasteiger charge is -2.11. The Morgan fingerprint density at radius 3 is 1.87 bits per heavy atom. The number of rotatable bonds is 3. The highest BCUT2D eigenvalue weighted by atomic mass is 16.3. The van der Waals surface area contributed by atoms with E-state index in [2.05, 4.69) is 59.2 Å². The predicted octanol–water partition coefficient (Wildman–Crippen LogP) is 10.1. The molecule has 0 fully saturated rings. The Morgan fingerprint density at radius 2 is 1.04 bits per heavy atom. The molecule has 0 saturated heterocycles. The summed E-state index contributed by atoms with van der Waals surface area (Å²) in [5.74, 6) is 1.69. The van der Waals surface area contributed by atoms with Gasteiger partial charge in [-0.15, -0.1) is 0 Å². The van der Waals surface area contributed by atoms with Crippen LogP contribution in [0.25, 0.3) is 94.4 Å². The van der Waals surface area contributed by atoms with Gasteiger partial charge in [-0.2, -0.15) is 9.97 Å². The lowest BCUT2D eigenvalue weighted by molar-refractivity contribution is 0.669. The molecule has 0 bridgehead atoms. The van der Waals surface area contributed by atoms with Crippen LogP contribution in [-0.4, -0.2) is 19.5 Å². The molecule has 0 atom stereocenters. The molecule has 6 aromatic carbocycles. The summed E-state index contributed by atoms with van der Waals surface area (Å²) in [7, 11) is 0. The van der Waals surface area contributed by atoms with E-state index in [0.717, 1.165) is 76.8 Å². The molecule has 0 unspecified atom stereocenters. The lowest BCUT2D eigenvalue weighted by atomic mass is 10.1. The van der Waals surface area contributed by atoms with Crippen LogP contribution in [0.4, 0.5) is 0 Å². The van der Waals surface area contributed by atoms with Crippen molar-refractivity contribution in [1.82, 2.24) is 19.5 Å². The molecule has 10 rings (SSSR count). The molecule has 210 valence electrons. The normalized spacial score (nSPS) is 12.0. The molecule has 0 amide bonds. The zero-order valence-corrected chi connectivity index (χ0v) is 23.8. The Morgan fingerprint density at radius 1 is 0.422 bits per heavy atom. The van der Waals surface area contributed by atoms with Crippen molar-refractivity contribution < 1.29 is 8.83 Å². The van der Waals surface area contributed by atoms with Crippen molar-refractivity contribution in [2.75, 3.05) is 0 Å². The van der Waals surface area contributed by atoms with Gasteiger partial charge in [0.05, 0.1) is 16.4 Å². The van der Waals surface area contributed by atoms with E-state index in [4.69, 9.17) is 23.8 Å². The molecule has 0 N–H and O–H groups in total. The fourth-order valence-corrected chi connectivity index (χ4v) is 6.63. The Labute approximate surface area is 255 Å². The van der Waals surface area contributed by atoms with Crippen molar-refractivity contribution in [3.63, 3.8) is 0 Å². The molecule has 0 saturated carbocycles. The van der Waals surface area contributed by atoms with Crippen molar-refractivity contribution in [1.29, 1.82) is 0 Å². The number of benzene rings is 6. The summed E-state index contributed by atoms with van der Waals surface area (Å²) in [5.41, 5.74) is 7.09. The van der Waals surface area contributed by atoms with Gasteiger partial charge in [0.1, 0.15) is 22.3 Å². The molecule has 6 heteroatoms. The van der Waals surface area contributed by atoms with Crippen molar-refractivity contribution >= 4 is 65.7 Å². The number of nitrogens with zero attached hydrogens (tertiary/aromatic N) is 4. The van der Waals surface area contributed by atoms with E-state index in [0.29, 0.717) is 17.6 Å². The first kappa shape index (κ1) is 24.2. The second-order valence-electron chi connectivity index (χ2n) is 11.2.